The zero-order chi connectivity index (χ0) is 29.5. The smallest absolute Gasteiger partial charge is 0.338 e. The molecule has 0 aliphatic carbocycles. The monoisotopic (exact) mass is 584 g/mol. The highest BCUT2D eigenvalue weighted by Gasteiger charge is 2.41. The molecule has 10 heteroatoms. The van der Waals surface area contributed by atoms with E-state index in [2.05, 4.69) is 10.3 Å². The van der Waals surface area contributed by atoms with E-state index in [9.17, 15) is 9.59 Å². The van der Waals surface area contributed by atoms with Gasteiger partial charge in [-0.15, -0.1) is 0 Å². The van der Waals surface area contributed by atoms with Crippen LogP contribution in [0, 0.1) is 0 Å². The van der Waals surface area contributed by atoms with Crippen molar-refractivity contribution in [2.75, 3.05) is 14.2 Å². The molecule has 0 saturated carbocycles. The lowest BCUT2D eigenvalue weighted by molar-refractivity contribution is -0.136. The number of carbonyl (C=O) groups is 2. The molecule has 0 spiro atoms. The first-order valence-corrected chi connectivity index (χ1v) is 14.5. The lowest BCUT2D eigenvalue weighted by atomic mass is 9.92. The van der Waals surface area contributed by atoms with E-state index in [1.54, 1.807) is 19.5 Å². The van der Waals surface area contributed by atoms with Gasteiger partial charge in [-0.3, -0.25) is 9.78 Å². The molecule has 1 amide bonds. The molecule has 42 heavy (non-hydrogen) atoms. The normalized spacial score (nSPS) is 15.9. The first-order chi connectivity index (χ1) is 20.5. The van der Waals surface area contributed by atoms with E-state index in [0.29, 0.717) is 47.5 Å². The summed E-state index contributed by atoms with van der Waals surface area (Å²) in [7, 11) is 2.95. The summed E-state index contributed by atoms with van der Waals surface area (Å²) in [5.74, 6) is 0.491. The number of nitrogens with one attached hydrogen (secondary N) is 1. The minimum Gasteiger partial charge on any atom is -0.493 e. The molecule has 2 aliphatic heterocycles. The summed E-state index contributed by atoms with van der Waals surface area (Å²) in [4.78, 5) is 37.0. The van der Waals surface area contributed by atoms with Gasteiger partial charge in [0, 0.05) is 24.6 Å². The molecule has 5 rings (SSSR count). The molecular formula is C32H32N4O5S. The standard InChI is InChI=1S/C32H32N4O5S/c1-4-25-29(31(38)40-3)30(23-10-11-26(27(16-23)39-2)41-19-22-8-6-5-7-9-22)36-24(20-42-32(36)35-25)17-28(37)34-18-21-12-14-33-15-13-21/h5-16,20,30H,4,17-19H2,1-3H3,(H,34,37)/t30-/m0/s1. The first kappa shape index (κ1) is 28.9. The number of ether oxygens (including phenoxy) is 3. The van der Waals surface area contributed by atoms with Gasteiger partial charge in [-0.05, 0) is 52.8 Å². The zero-order valence-corrected chi connectivity index (χ0v) is 24.5. The van der Waals surface area contributed by atoms with E-state index in [1.807, 2.05) is 77.9 Å². The van der Waals surface area contributed by atoms with Gasteiger partial charge in [-0.1, -0.05) is 55.1 Å². The average Bonchev–Trinajstić information content (AvgIpc) is 3.44. The van der Waals surface area contributed by atoms with Crippen LogP contribution >= 0.6 is 11.8 Å². The second-order valence-electron chi connectivity index (χ2n) is 9.59. The Morgan fingerprint density at radius 3 is 2.50 bits per heavy atom. The van der Waals surface area contributed by atoms with Crippen LogP contribution in [0.3, 0.4) is 0 Å². The molecule has 0 fully saturated rings. The quantitative estimate of drug-likeness (QED) is 0.294. The zero-order valence-electron chi connectivity index (χ0n) is 23.7. The Morgan fingerprint density at radius 1 is 1.00 bits per heavy atom. The van der Waals surface area contributed by atoms with E-state index in [0.717, 1.165) is 22.4 Å². The van der Waals surface area contributed by atoms with Crippen molar-refractivity contribution in [3.63, 3.8) is 0 Å². The number of esters is 1. The summed E-state index contributed by atoms with van der Waals surface area (Å²) in [5.41, 5.74) is 4.57. The highest BCUT2D eigenvalue weighted by Crippen LogP contribution is 2.46. The molecule has 3 aromatic rings. The Balaban J connectivity index is 1.44. The van der Waals surface area contributed by atoms with Crippen molar-refractivity contribution in [3.05, 3.63) is 112 Å². The van der Waals surface area contributed by atoms with Crippen LogP contribution in [-0.4, -0.2) is 41.1 Å². The fourth-order valence-electron chi connectivity index (χ4n) is 4.86. The number of methoxy groups -OCH3 is 2. The second-order valence-corrected chi connectivity index (χ2v) is 10.4. The van der Waals surface area contributed by atoms with Crippen LogP contribution in [-0.2, 0) is 27.5 Å². The van der Waals surface area contributed by atoms with E-state index in [-0.39, 0.29) is 12.3 Å². The predicted molar refractivity (Wildman–Crippen MR) is 161 cm³/mol. The number of rotatable bonds is 11. The number of aliphatic imine (C=N–C) groups is 1. The number of amidine groups is 1. The summed E-state index contributed by atoms with van der Waals surface area (Å²) < 4.78 is 17.0. The minimum absolute atomic E-state index is 0.110. The van der Waals surface area contributed by atoms with Gasteiger partial charge in [0.25, 0.3) is 0 Å². The van der Waals surface area contributed by atoms with Crippen LogP contribution in [0.15, 0.2) is 100 Å². The third kappa shape index (κ3) is 6.33. The molecule has 0 radical (unpaired) electrons. The van der Waals surface area contributed by atoms with Gasteiger partial charge in [-0.25, -0.2) is 9.79 Å². The molecule has 0 unspecified atom stereocenters. The van der Waals surface area contributed by atoms with Gasteiger partial charge in [0.05, 0.1) is 38.0 Å². The number of hydrogen-bond donors (Lipinski definition) is 1. The average molecular weight is 585 g/mol. The third-order valence-corrected chi connectivity index (χ3v) is 7.84. The van der Waals surface area contributed by atoms with Gasteiger partial charge >= 0.3 is 5.97 Å². The SMILES string of the molecule is CCC1=C(C(=O)OC)[C@H](c2ccc(OCc3ccccc3)c(OC)c2)N2C(CC(=O)NCc3ccncc3)=CSC2=N1. The predicted octanol–water partition coefficient (Wildman–Crippen LogP) is 5.51. The molecule has 0 bridgehead atoms. The van der Waals surface area contributed by atoms with Crippen molar-refractivity contribution in [1.29, 1.82) is 0 Å². The number of nitrogens with zero attached hydrogens (tertiary/aromatic N) is 3. The topological polar surface area (TPSA) is 102 Å². The van der Waals surface area contributed by atoms with Crippen molar-refractivity contribution in [2.24, 2.45) is 4.99 Å². The third-order valence-electron chi connectivity index (χ3n) is 6.95. The van der Waals surface area contributed by atoms with E-state index in [4.69, 9.17) is 19.2 Å². The largest absolute Gasteiger partial charge is 0.493 e. The van der Waals surface area contributed by atoms with Gasteiger partial charge < -0.3 is 24.4 Å². The van der Waals surface area contributed by atoms with Crippen LogP contribution in [0.5, 0.6) is 11.5 Å². The Bertz CT molecular complexity index is 1540. The van der Waals surface area contributed by atoms with Gasteiger partial charge in [0.2, 0.25) is 5.91 Å². The second kappa shape index (κ2) is 13.4. The molecule has 1 aromatic heterocycles. The number of allylic oxidation sites excluding steroid dienone is 1. The maximum absolute atomic E-state index is 13.2. The Labute approximate surface area is 249 Å². The molecule has 3 heterocycles. The lowest BCUT2D eigenvalue weighted by Crippen LogP contribution is -2.38. The van der Waals surface area contributed by atoms with E-state index >= 15 is 0 Å². The maximum atomic E-state index is 13.2. The summed E-state index contributed by atoms with van der Waals surface area (Å²) in [6, 6.07) is 18.6. The number of aromatic nitrogens is 1. The van der Waals surface area contributed by atoms with Crippen molar-refractivity contribution >= 4 is 28.8 Å². The highest BCUT2D eigenvalue weighted by atomic mass is 32.2. The number of amides is 1. The first-order valence-electron chi connectivity index (χ1n) is 13.6. The van der Waals surface area contributed by atoms with Crippen molar-refractivity contribution in [1.82, 2.24) is 15.2 Å². The Kier molecular flexibility index (Phi) is 9.23. The highest BCUT2D eigenvalue weighted by molar-refractivity contribution is 8.16. The summed E-state index contributed by atoms with van der Waals surface area (Å²) in [5, 5.41) is 5.59. The van der Waals surface area contributed by atoms with Gasteiger partial charge in [-0.2, -0.15) is 0 Å². The van der Waals surface area contributed by atoms with E-state index < -0.39 is 12.0 Å². The molecule has 9 nitrogen and oxygen atoms in total. The lowest BCUT2D eigenvalue weighted by Gasteiger charge is -2.36. The number of fused-ring (bicyclic) bond motifs is 1. The Hall–Kier alpha value is -4.57. The fraction of sp³-hybridized carbons (Fsp3) is 0.250. The minimum atomic E-state index is -0.578. The van der Waals surface area contributed by atoms with Crippen molar-refractivity contribution in [2.45, 2.75) is 39.0 Å². The number of pyridine rings is 1. The van der Waals surface area contributed by atoms with E-state index in [1.165, 1.54) is 18.9 Å². The molecule has 0 saturated heterocycles. The van der Waals surface area contributed by atoms with Gasteiger partial charge in [0.1, 0.15) is 6.61 Å². The van der Waals surface area contributed by atoms with Crippen LogP contribution in [0.25, 0.3) is 0 Å². The molecule has 2 aliphatic rings. The number of hydrogen-bond acceptors (Lipinski definition) is 9. The molecule has 1 N–H and O–H groups in total. The number of carbonyl (C=O) groups excluding carboxylic acids is 2. The molecule has 216 valence electrons. The summed E-state index contributed by atoms with van der Waals surface area (Å²) in [6.45, 7) is 2.73. The molecular weight excluding hydrogens is 552 g/mol. The van der Waals surface area contributed by atoms with Crippen LogP contribution < -0.4 is 14.8 Å². The maximum Gasteiger partial charge on any atom is 0.338 e. The van der Waals surface area contributed by atoms with Gasteiger partial charge in [0.15, 0.2) is 16.7 Å². The summed E-state index contributed by atoms with van der Waals surface area (Å²) in [6.07, 6.45) is 4.03. The van der Waals surface area contributed by atoms with Crippen LogP contribution in [0.4, 0.5) is 0 Å². The van der Waals surface area contributed by atoms with Crippen LogP contribution in [0.2, 0.25) is 0 Å². The van der Waals surface area contributed by atoms with Crippen molar-refractivity contribution < 1.29 is 23.8 Å². The Morgan fingerprint density at radius 2 is 1.79 bits per heavy atom. The molecule has 2 aromatic carbocycles. The van der Waals surface area contributed by atoms with Crippen molar-refractivity contribution in [3.8, 4) is 11.5 Å². The molecule has 1 atom stereocenters. The fourth-order valence-corrected chi connectivity index (χ4v) is 5.80. The summed E-state index contributed by atoms with van der Waals surface area (Å²) >= 11 is 1.43. The van der Waals surface area contributed by atoms with Crippen LogP contribution in [0.1, 0.15) is 42.5 Å². The number of benzene rings is 2. The number of thioether (sulfide) groups is 1.